The number of halogens is 1. The van der Waals surface area contributed by atoms with Crippen molar-refractivity contribution in [2.75, 3.05) is 5.33 Å². The fourth-order valence-corrected chi connectivity index (χ4v) is 0.655. The Bertz CT molecular complexity index is 137. The Labute approximate surface area is 66.8 Å². The van der Waals surface area contributed by atoms with Crippen molar-refractivity contribution in [1.29, 1.82) is 0 Å². The monoisotopic (exact) mass is 209 g/mol. The zero-order valence-corrected chi connectivity index (χ0v) is 6.89. The number of amides is 1. The molecule has 0 unspecified atom stereocenters. The van der Waals surface area contributed by atoms with Gasteiger partial charge in [0.2, 0.25) is 0 Å². The van der Waals surface area contributed by atoms with Crippen LogP contribution in [0.3, 0.4) is 0 Å². The van der Waals surface area contributed by atoms with Gasteiger partial charge in [-0.1, -0.05) is 15.9 Å². The van der Waals surface area contributed by atoms with Gasteiger partial charge in [0.15, 0.2) is 0 Å². The maximum absolute atomic E-state index is 10.5. The number of hydrogen-bond donors (Lipinski definition) is 1. The lowest BCUT2D eigenvalue weighted by Crippen LogP contribution is -2.18. The lowest BCUT2D eigenvalue weighted by atomic mass is 10.3. The van der Waals surface area contributed by atoms with E-state index in [0.29, 0.717) is 11.8 Å². The third kappa shape index (κ3) is 5.55. The van der Waals surface area contributed by atoms with Crippen molar-refractivity contribution in [2.45, 2.75) is 12.8 Å². The minimum absolute atomic E-state index is 0.216. The maximum atomic E-state index is 10.5. The second kappa shape index (κ2) is 5.22. The zero-order chi connectivity index (χ0) is 7.98. The van der Waals surface area contributed by atoms with E-state index in [1.165, 1.54) is 0 Å². The van der Waals surface area contributed by atoms with Crippen molar-refractivity contribution in [3.05, 3.63) is 0 Å². The van der Waals surface area contributed by atoms with Crippen molar-refractivity contribution in [1.82, 2.24) is 0 Å². The summed E-state index contributed by atoms with van der Waals surface area (Å²) >= 11 is 3.12. The predicted molar refractivity (Wildman–Crippen MR) is 38.7 cm³/mol. The van der Waals surface area contributed by atoms with Gasteiger partial charge in [0, 0.05) is 11.8 Å². The molecule has 0 radical (unpaired) electrons. The Morgan fingerprint density at radius 1 is 1.50 bits per heavy atom. The van der Waals surface area contributed by atoms with E-state index in [-0.39, 0.29) is 6.42 Å². The highest BCUT2D eigenvalue weighted by Crippen LogP contribution is 1.95. The summed E-state index contributed by atoms with van der Waals surface area (Å²) in [6.45, 7) is 0. The second-order valence-corrected chi connectivity index (χ2v) is 2.38. The summed E-state index contributed by atoms with van der Waals surface area (Å²) in [5.74, 6) is -0.577. The van der Waals surface area contributed by atoms with E-state index in [0.717, 1.165) is 0 Å². The molecule has 0 aliphatic carbocycles. The first-order valence-electron chi connectivity index (χ1n) is 2.73. The van der Waals surface area contributed by atoms with E-state index in [1.54, 1.807) is 0 Å². The van der Waals surface area contributed by atoms with Crippen LogP contribution in [0.4, 0.5) is 4.79 Å². The summed E-state index contributed by atoms with van der Waals surface area (Å²) in [6, 6.07) is 0. The fourth-order valence-electron chi connectivity index (χ4n) is 0.374. The van der Waals surface area contributed by atoms with Crippen LogP contribution in [-0.2, 0) is 9.53 Å². The summed E-state index contributed by atoms with van der Waals surface area (Å²) in [6.07, 6.45) is -0.181. The van der Waals surface area contributed by atoms with Crippen LogP contribution < -0.4 is 5.73 Å². The average Bonchev–Trinajstić information content (AvgIpc) is 1.82. The van der Waals surface area contributed by atoms with Crippen LogP contribution in [0.2, 0.25) is 0 Å². The summed E-state index contributed by atoms with van der Waals surface area (Å²) in [5.41, 5.74) is 4.57. The topological polar surface area (TPSA) is 69.4 Å². The Morgan fingerprint density at radius 3 is 2.50 bits per heavy atom. The molecular formula is C5H8BrNO3. The van der Waals surface area contributed by atoms with Crippen LogP contribution in [0.15, 0.2) is 0 Å². The molecule has 10 heavy (non-hydrogen) atoms. The Morgan fingerprint density at radius 2 is 2.10 bits per heavy atom. The molecule has 0 fully saturated rings. The van der Waals surface area contributed by atoms with Crippen LogP contribution in [0.25, 0.3) is 0 Å². The van der Waals surface area contributed by atoms with E-state index >= 15 is 0 Å². The molecule has 0 saturated carbocycles. The van der Waals surface area contributed by atoms with Crippen LogP contribution in [0, 0.1) is 0 Å². The summed E-state index contributed by atoms with van der Waals surface area (Å²) in [5, 5.41) is 0.709. The van der Waals surface area contributed by atoms with E-state index in [9.17, 15) is 9.59 Å². The van der Waals surface area contributed by atoms with Crippen molar-refractivity contribution >= 4 is 28.0 Å². The second-order valence-electron chi connectivity index (χ2n) is 1.59. The molecule has 0 aromatic rings. The van der Waals surface area contributed by atoms with Gasteiger partial charge in [-0.2, -0.15) is 0 Å². The minimum atomic E-state index is -1.04. The third-order valence-electron chi connectivity index (χ3n) is 0.729. The number of hydrogen-bond acceptors (Lipinski definition) is 3. The Kier molecular flexibility index (Phi) is 4.92. The van der Waals surface area contributed by atoms with Crippen LogP contribution in [0.5, 0.6) is 0 Å². The van der Waals surface area contributed by atoms with E-state index in [2.05, 4.69) is 26.4 Å². The van der Waals surface area contributed by atoms with Gasteiger partial charge in [0.1, 0.15) is 0 Å². The Balaban J connectivity index is 3.35. The SMILES string of the molecule is NC(=O)OC(=O)CCCBr. The number of rotatable bonds is 3. The molecule has 0 aromatic carbocycles. The highest BCUT2D eigenvalue weighted by atomic mass is 79.9. The molecule has 1 amide bonds. The number of ether oxygens (including phenoxy) is 1. The normalized spacial score (nSPS) is 8.90. The van der Waals surface area contributed by atoms with E-state index < -0.39 is 12.1 Å². The zero-order valence-electron chi connectivity index (χ0n) is 5.30. The van der Waals surface area contributed by atoms with Crippen molar-refractivity contribution in [3.8, 4) is 0 Å². The van der Waals surface area contributed by atoms with Crippen molar-refractivity contribution in [3.63, 3.8) is 0 Å². The summed E-state index contributed by atoms with van der Waals surface area (Å²) in [4.78, 5) is 20.4. The number of esters is 1. The molecule has 0 spiro atoms. The highest BCUT2D eigenvalue weighted by Gasteiger charge is 2.04. The smallest absolute Gasteiger partial charge is 0.376 e. The molecular weight excluding hydrogens is 202 g/mol. The highest BCUT2D eigenvalue weighted by molar-refractivity contribution is 9.09. The standard InChI is InChI=1S/C5H8BrNO3/c6-3-1-2-4(8)10-5(7)9/h1-3H2,(H2,7,9). The number of primary amides is 1. The van der Waals surface area contributed by atoms with Gasteiger partial charge in [-0.25, -0.2) is 4.79 Å². The van der Waals surface area contributed by atoms with Gasteiger partial charge in [-0.3, -0.25) is 4.79 Å². The van der Waals surface area contributed by atoms with Gasteiger partial charge in [0.25, 0.3) is 0 Å². The molecule has 0 aliphatic rings. The Hall–Kier alpha value is -0.580. The molecule has 58 valence electrons. The van der Waals surface area contributed by atoms with Crippen molar-refractivity contribution in [2.24, 2.45) is 5.73 Å². The van der Waals surface area contributed by atoms with Crippen molar-refractivity contribution < 1.29 is 14.3 Å². The van der Waals surface area contributed by atoms with Crippen LogP contribution in [0.1, 0.15) is 12.8 Å². The lowest BCUT2D eigenvalue weighted by molar-refractivity contribution is -0.137. The maximum Gasteiger partial charge on any atom is 0.412 e. The van der Waals surface area contributed by atoms with Gasteiger partial charge in [0.05, 0.1) is 0 Å². The molecule has 0 aromatic heterocycles. The predicted octanol–water partition coefficient (Wildman–Crippen LogP) is 0.783. The number of carbonyl (C=O) groups excluding carboxylic acids is 2. The molecule has 0 heterocycles. The average molecular weight is 210 g/mol. The van der Waals surface area contributed by atoms with Gasteiger partial charge in [-0.15, -0.1) is 0 Å². The lowest BCUT2D eigenvalue weighted by Gasteiger charge is -1.95. The van der Waals surface area contributed by atoms with Crippen LogP contribution >= 0.6 is 15.9 Å². The first-order valence-corrected chi connectivity index (χ1v) is 3.85. The molecule has 5 heteroatoms. The molecule has 0 atom stereocenters. The first kappa shape index (κ1) is 9.42. The summed E-state index contributed by atoms with van der Waals surface area (Å²) in [7, 11) is 0. The van der Waals surface area contributed by atoms with Gasteiger partial charge < -0.3 is 10.5 Å². The summed E-state index contributed by atoms with van der Waals surface area (Å²) < 4.78 is 4.03. The molecule has 0 saturated heterocycles. The molecule has 0 rings (SSSR count). The van der Waals surface area contributed by atoms with E-state index in [4.69, 9.17) is 0 Å². The first-order chi connectivity index (χ1) is 4.66. The number of alkyl halides is 1. The molecule has 0 aliphatic heterocycles. The fraction of sp³-hybridized carbons (Fsp3) is 0.600. The molecule has 2 N–H and O–H groups in total. The number of carbonyl (C=O) groups is 2. The van der Waals surface area contributed by atoms with Crippen LogP contribution in [-0.4, -0.2) is 17.4 Å². The molecule has 4 nitrogen and oxygen atoms in total. The minimum Gasteiger partial charge on any atom is -0.376 e. The quantitative estimate of drug-likeness (QED) is 0.425. The largest absolute Gasteiger partial charge is 0.412 e. The third-order valence-corrected chi connectivity index (χ3v) is 1.29. The van der Waals surface area contributed by atoms with E-state index in [1.807, 2.05) is 0 Å². The van der Waals surface area contributed by atoms with Gasteiger partial charge >= 0.3 is 12.1 Å². The molecule has 0 bridgehead atoms. The number of nitrogens with two attached hydrogens (primary N) is 1. The van der Waals surface area contributed by atoms with Gasteiger partial charge in [-0.05, 0) is 6.42 Å².